The van der Waals surface area contributed by atoms with Crippen LogP contribution < -0.4 is 15.4 Å². The van der Waals surface area contributed by atoms with Crippen LogP contribution in [0, 0.1) is 12.7 Å². The van der Waals surface area contributed by atoms with E-state index in [1.807, 2.05) is 6.92 Å². The Morgan fingerprint density at radius 1 is 1.19 bits per heavy atom. The van der Waals surface area contributed by atoms with Crippen molar-refractivity contribution in [3.63, 3.8) is 0 Å². The van der Waals surface area contributed by atoms with Gasteiger partial charge in [0, 0.05) is 28.5 Å². The molecule has 0 spiro atoms. The van der Waals surface area contributed by atoms with Gasteiger partial charge in [0.1, 0.15) is 22.8 Å². The molecule has 188 valence electrons. The van der Waals surface area contributed by atoms with Crippen molar-refractivity contribution in [1.29, 1.82) is 0 Å². The molecule has 0 saturated heterocycles. The molecule has 0 radical (unpaired) electrons. The number of ether oxygens (including phenoxy) is 1. The highest BCUT2D eigenvalue weighted by atomic mass is 35.5. The van der Waals surface area contributed by atoms with Crippen molar-refractivity contribution in [3.05, 3.63) is 69.7 Å². The Bertz CT molecular complexity index is 1330. The fourth-order valence-electron chi connectivity index (χ4n) is 3.77. The van der Waals surface area contributed by atoms with Crippen LogP contribution in [-0.4, -0.2) is 38.9 Å². The van der Waals surface area contributed by atoms with E-state index in [1.165, 1.54) is 24.7 Å². The summed E-state index contributed by atoms with van der Waals surface area (Å²) in [7, 11) is 0. The number of pyridine rings is 1. The van der Waals surface area contributed by atoms with Gasteiger partial charge in [-0.3, -0.25) is 19.6 Å². The van der Waals surface area contributed by atoms with Gasteiger partial charge in [0.2, 0.25) is 5.91 Å². The standard InChI is InChI=1S/C25H24Cl2FN5O3/c1-4-36-22-17(8-16(26)9-18(22)27)15-7-19(28)21(30-11-15)14(3)32-24(35)25(5-6-25)33-23(34)20-12-29-10-13(2)31-20/h7-12,14H,4-6H2,1-3H3,(H,32,35)(H,33,34)/t14-/m1/s1. The number of rotatable bonds is 8. The zero-order valence-corrected chi connectivity index (χ0v) is 21.4. The first kappa shape index (κ1) is 25.8. The zero-order valence-electron chi connectivity index (χ0n) is 19.9. The molecule has 1 fully saturated rings. The Kier molecular flexibility index (Phi) is 7.42. The van der Waals surface area contributed by atoms with E-state index >= 15 is 4.39 Å². The Morgan fingerprint density at radius 2 is 1.94 bits per heavy atom. The number of halogens is 3. The van der Waals surface area contributed by atoms with Gasteiger partial charge in [-0.1, -0.05) is 23.2 Å². The summed E-state index contributed by atoms with van der Waals surface area (Å²) in [6.07, 6.45) is 5.26. The molecule has 4 rings (SSSR count). The van der Waals surface area contributed by atoms with Crippen molar-refractivity contribution in [3.8, 4) is 16.9 Å². The Hall–Kier alpha value is -3.30. The molecule has 1 aromatic carbocycles. The van der Waals surface area contributed by atoms with Gasteiger partial charge in [-0.2, -0.15) is 0 Å². The van der Waals surface area contributed by atoms with E-state index in [0.29, 0.717) is 52.1 Å². The largest absolute Gasteiger partial charge is 0.492 e. The highest BCUT2D eigenvalue weighted by Crippen LogP contribution is 2.40. The number of aromatic nitrogens is 3. The van der Waals surface area contributed by atoms with Crippen LogP contribution in [0.3, 0.4) is 0 Å². The van der Waals surface area contributed by atoms with Crippen LogP contribution in [0.2, 0.25) is 10.0 Å². The predicted molar refractivity (Wildman–Crippen MR) is 134 cm³/mol. The average molecular weight is 532 g/mol. The van der Waals surface area contributed by atoms with Crippen LogP contribution in [0.25, 0.3) is 11.1 Å². The lowest BCUT2D eigenvalue weighted by Crippen LogP contribution is -2.49. The third-order valence-corrected chi connectivity index (χ3v) is 6.26. The zero-order chi connectivity index (χ0) is 26.0. The first-order valence-corrected chi connectivity index (χ1v) is 12.1. The second-order valence-corrected chi connectivity index (χ2v) is 9.41. The monoisotopic (exact) mass is 531 g/mol. The summed E-state index contributed by atoms with van der Waals surface area (Å²) in [6, 6.07) is 3.71. The third kappa shape index (κ3) is 5.42. The van der Waals surface area contributed by atoms with Crippen LogP contribution in [0.1, 0.15) is 54.6 Å². The molecule has 2 aromatic heterocycles. The van der Waals surface area contributed by atoms with Crippen molar-refractivity contribution >= 4 is 35.0 Å². The Balaban J connectivity index is 1.49. The molecule has 2 amide bonds. The number of nitrogens with zero attached hydrogens (tertiary/aromatic N) is 3. The molecule has 8 nitrogen and oxygen atoms in total. The van der Waals surface area contributed by atoms with Crippen LogP contribution in [0.4, 0.5) is 4.39 Å². The van der Waals surface area contributed by atoms with Crippen LogP contribution >= 0.6 is 23.2 Å². The van der Waals surface area contributed by atoms with Gasteiger partial charge in [-0.05, 0) is 51.8 Å². The quantitative estimate of drug-likeness (QED) is 0.431. The van der Waals surface area contributed by atoms with Crippen molar-refractivity contribution < 1.29 is 18.7 Å². The summed E-state index contributed by atoms with van der Waals surface area (Å²) >= 11 is 12.4. The number of benzene rings is 1. The molecule has 1 atom stereocenters. The van der Waals surface area contributed by atoms with Gasteiger partial charge in [0.05, 0.1) is 35.3 Å². The fraction of sp³-hybridized carbons (Fsp3) is 0.320. The smallest absolute Gasteiger partial charge is 0.272 e. The molecule has 2 heterocycles. The lowest BCUT2D eigenvalue weighted by Gasteiger charge is -2.21. The van der Waals surface area contributed by atoms with E-state index in [2.05, 4.69) is 25.6 Å². The van der Waals surface area contributed by atoms with Crippen molar-refractivity contribution in [1.82, 2.24) is 25.6 Å². The second kappa shape index (κ2) is 10.4. The molecule has 2 N–H and O–H groups in total. The average Bonchev–Trinajstić information content (AvgIpc) is 3.61. The third-order valence-electron chi connectivity index (χ3n) is 5.76. The lowest BCUT2D eigenvalue weighted by molar-refractivity contribution is -0.124. The van der Waals surface area contributed by atoms with Gasteiger partial charge in [0.25, 0.3) is 5.91 Å². The van der Waals surface area contributed by atoms with E-state index in [1.54, 1.807) is 26.0 Å². The molecule has 1 aliphatic carbocycles. The number of hydrogen-bond acceptors (Lipinski definition) is 6. The number of hydrogen-bond donors (Lipinski definition) is 2. The van der Waals surface area contributed by atoms with Gasteiger partial charge in [-0.15, -0.1) is 0 Å². The number of carbonyl (C=O) groups excluding carboxylic acids is 2. The summed E-state index contributed by atoms with van der Waals surface area (Å²) in [4.78, 5) is 37.9. The fourth-order valence-corrected chi connectivity index (χ4v) is 4.32. The van der Waals surface area contributed by atoms with E-state index in [0.717, 1.165) is 0 Å². The normalized spacial score (nSPS) is 14.6. The molecule has 0 bridgehead atoms. The summed E-state index contributed by atoms with van der Waals surface area (Å²) in [5.41, 5.74) is 0.611. The van der Waals surface area contributed by atoms with Crippen molar-refractivity contribution in [2.75, 3.05) is 6.61 Å². The number of aryl methyl sites for hydroxylation is 1. The molecule has 1 aliphatic rings. The van der Waals surface area contributed by atoms with E-state index in [9.17, 15) is 9.59 Å². The lowest BCUT2D eigenvalue weighted by atomic mass is 10.0. The molecule has 0 unspecified atom stereocenters. The van der Waals surface area contributed by atoms with Gasteiger partial charge < -0.3 is 15.4 Å². The van der Waals surface area contributed by atoms with Crippen LogP contribution in [0.5, 0.6) is 5.75 Å². The van der Waals surface area contributed by atoms with Gasteiger partial charge >= 0.3 is 0 Å². The first-order chi connectivity index (χ1) is 17.1. The molecule has 0 aliphatic heterocycles. The molecular formula is C25H24Cl2FN5O3. The number of carbonyl (C=O) groups is 2. The summed E-state index contributed by atoms with van der Waals surface area (Å²) in [5, 5.41) is 6.17. The predicted octanol–water partition coefficient (Wildman–Crippen LogP) is 4.83. The van der Waals surface area contributed by atoms with E-state index in [-0.39, 0.29) is 11.4 Å². The topological polar surface area (TPSA) is 106 Å². The summed E-state index contributed by atoms with van der Waals surface area (Å²) in [6.45, 7) is 5.51. The minimum atomic E-state index is -1.07. The Labute approximate surface area is 217 Å². The highest BCUT2D eigenvalue weighted by Gasteiger charge is 2.51. The maximum atomic E-state index is 15.1. The summed E-state index contributed by atoms with van der Waals surface area (Å²) in [5.74, 6) is -1.16. The Morgan fingerprint density at radius 3 is 2.58 bits per heavy atom. The van der Waals surface area contributed by atoms with E-state index < -0.39 is 29.2 Å². The highest BCUT2D eigenvalue weighted by molar-refractivity contribution is 6.36. The van der Waals surface area contributed by atoms with Crippen LogP contribution in [-0.2, 0) is 4.79 Å². The van der Waals surface area contributed by atoms with E-state index in [4.69, 9.17) is 27.9 Å². The summed E-state index contributed by atoms with van der Waals surface area (Å²) < 4.78 is 20.8. The number of nitrogens with one attached hydrogen (secondary N) is 2. The number of amides is 2. The molecule has 36 heavy (non-hydrogen) atoms. The first-order valence-electron chi connectivity index (χ1n) is 11.3. The van der Waals surface area contributed by atoms with Crippen LogP contribution in [0.15, 0.2) is 36.8 Å². The molecule has 11 heteroatoms. The SMILES string of the molecule is CCOc1c(Cl)cc(Cl)cc1-c1cnc([C@@H](C)NC(=O)C2(NC(=O)c3cncc(C)n3)CC2)c(F)c1. The minimum Gasteiger partial charge on any atom is -0.492 e. The maximum absolute atomic E-state index is 15.1. The molecular weight excluding hydrogens is 508 g/mol. The van der Waals surface area contributed by atoms with Crippen molar-refractivity contribution in [2.24, 2.45) is 0 Å². The maximum Gasteiger partial charge on any atom is 0.272 e. The second-order valence-electron chi connectivity index (χ2n) is 8.57. The van der Waals surface area contributed by atoms with Gasteiger partial charge in [-0.25, -0.2) is 9.37 Å². The van der Waals surface area contributed by atoms with Gasteiger partial charge in [0.15, 0.2) is 0 Å². The molecule has 3 aromatic rings. The molecule has 1 saturated carbocycles. The van der Waals surface area contributed by atoms with Crippen molar-refractivity contribution in [2.45, 2.75) is 45.2 Å². The minimum absolute atomic E-state index is 0.0462.